The number of rotatable bonds is 13. The van der Waals surface area contributed by atoms with Crippen molar-refractivity contribution in [3.8, 4) is 17.2 Å². The number of carbonyl (C=O) groups excluding carboxylic acids is 2. The smallest absolute Gasteiger partial charge is 0.326 e. The molecule has 0 aliphatic carbocycles. The number of carbonyl (C=O) groups is 2. The lowest BCUT2D eigenvalue weighted by Gasteiger charge is -2.24. The molecule has 228 valence electrons. The number of aryl methyl sites for hydroxylation is 1. The van der Waals surface area contributed by atoms with Gasteiger partial charge in [0.1, 0.15) is 11.5 Å². The lowest BCUT2D eigenvalue weighted by atomic mass is 10.1. The van der Waals surface area contributed by atoms with Crippen molar-refractivity contribution in [3.63, 3.8) is 0 Å². The summed E-state index contributed by atoms with van der Waals surface area (Å²) in [5, 5.41) is 3.09. The minimum atomic E-state index is -0.243. The van der Waals surface area contributed by atoms with Crippen molar-refractivity contribution >= 4 is 35.1 Å². The highest BCUT2D eigenvalue weighted by Crippen LogP contribution is 2.33. The zero-order valence-corrected chi connectivity index (χ0v) is 26.0. The van der Waals surface area contributed by atoms with Gasteiger partial charge in [-0.15, -0.1) is 0 Å². The molecule has 0 spiro atoms. The van der Waals surface area contributed by atoms with Crippen molar-refractivity contribution < 1.29 is 19.1 Å². The summed E-state index contributed by atoms with van der Waals surface area (Å²) >= 11 is 1.58. The third kappa shape index (κ3) is 9.49. The van der Waals surface area contributed by atoms with Gasteiger partial charge in [-0.1, -0.05) is 85.4 Å². The zero-order chi connectivity index (χ0) is 31.3. The van der Waals surface area contributed by atoms with Crippen molar-refractivity contribution in [1.82, 2.24) is 0 Å². The van der Waals surface area contributed by atoms with Gasteiger partial charge in [0.2, 0.25) is 0 Å². The van der Waals surface area contributed by atoms with Crippen molar-refractivity contribution in [1.29, 1.82) is 0 Å². The van der Waals surface area contributed by atoms with E-state index in [1.54, 1.807) is 28.8 Å². The Labute approximate surface area is 269 Å². The molecule has 0 unspecified atom stereocenters. The summed E-state index contributed by atoms with van der Waals surface area (Å²) in [6.07, 6.45) is 2.78. The number of nitrogens with one attached hydrogen (secondary N) is 1. The van der Waals surface area contributed by atoms with Gasteiger partial charge < -0.3 is 14.8 Å². The standard InChI is InChI=1S/C38H36N2O4S/c1-2-13-37(41)44-32-23-25-33(26-24-32)45-34-20-11-17-30(28-34)40(27-12-16-29-14-5-3-6-15-29)38(42)39-35-21-9-10-22-36(35)43-31-18-7-4-8-19-31/h3-11,14-15,17-26,28H,2,12-13,16,27H2,1H3,(H,39,42). The molecule has 0 radical (unpaired) electrons. The van der Waals surface area contributed by atoms with E-state index in [0.29, 0.717) is 35.9 Å². The molecule has 0 fully saturated rings. The summed E-state index contributed by atoms with van der Waals surface area (Å²) in [6.45, 7) is 2.47. The largest absolute Gasteiger partial charge is 0.455 e. The van der Waals surface area contributed by atoms with E-state index in [1.807, 2.05) is 116 Å². The lowest BCUT2D eigenvalue weighted by Crippen LogP contribution is -2.36. The van der Waals surface area contributed by atoms with E-state index in [0.717, 1.165) is 34.7 Å². The van der Waals surface area contributed by atoms with E-state index in [4.69, 9.17) is 9.47 Å². The van der Waals surface area contributed by atoms with Gasteiger partial charge >= 0.3 is 12.0 Å². The second-order valence-electron chi connectivity index (χ2n) is 10.4. The highest BCUT2D eigenvalue weighted by atomic mass is 32.2. The molecule has 7 heteroatoms. The van der Waals surface area contributed by atoms with Crippen LogP contribution in [0.5, 0.6) is 17.2 Å². The number of urea groups is 1. The maximum Gasteiger partial charge on any atom is 0.326 e. The van der Waals surface area contributed by atoms with Crippen molar-refractivity contribution in [3.05, 3.63) is 139 Å². The molecule has 5 rings (SSSR count). The van der Waals surface area contributed by atoms with Gasteiger partial charge in [0, 0.05) is 28.4 Å². The van der Waals surface area contributed by atoms with Crippen LogP contribution in [0.15, 0.2) is 143 Å². The minimum Gasteiger partial charge on any atom is -0.455 e. The lowest BCUT2D eigenvalue weighted by molar-refractivity contribution is -0.134. The number of benzene rings is 5. The Hall–Kier alpha value is -5.01. The molecule has 0 heterocycles. The van der Waals surface area contributed by atoms with E-state index in [9.17, 15) is 9.59 Å². The zero-order valence-electron chi connectivity index (χ0n) is 25.2. The molecule has 1 N–H and O–H groups in total. The van der Waals surface area contributed by atoms with Gasteiger partial charge in [0.25, 0.3) is 0 Å². The van der Waals surface area contributed by atoms with Gasteiger partial charge in [0.15, 0.2) is 5.75 Å². The average Bonchev–Trinajstić information content (AvgIpc) is 3.06. The van der Waals surface area contributed by atoms with Crippen LogP contribution in [0.1, 0.15) is 31.7 Å². The maximum absolute atomic E-state index is 13.9. The third-order valence-electron chi connectivity index (χ3n) is 6.91. The van der Waals surface area contributed by atoms with Gasteiger partial charge in [-0.25, -0.2) is 4.79 Å². The van der Waals surface area contributed by atoms with Crippen LogP contribution in [0, 0.1) is 0 Å². The van der Waals surface area contributed by atoms with Gasteiger partial charge in [-0.05, 0) is 91.6 Å². The number of amides is 2. The van der Waals surface area contributed by atoms with Crippen LogP contribution in [0.3, 0.4) is 0 Å². The molecule has 6 nitrogen and oxygen atoms in total. The first kappa shape index (κ1) is 31.4. The summed E-state index contributed by atoms with van der Waals surface area (Å²) in [6, 6.07) is 42.4. The summed E-state index contributed by atoms with van der Waals surface area (Å²) in [4.78, 5) is 29.5. The maximum atomic E-state index is 13.9. The highest BCUT2D eigenvalue weighted by Gasteiger charge is 2.18. The topological polar surface area (TPSA) is 67.9 Å². The van der Waals surface area contributed by atoms with Gasteiger partial charge in [-0.3, -0.25) is 9.69 Å². The van der Waals surface area contributed by atoms with E-state index < -0.39 is 0 Å². The number of anilines is 2. The van der Waals surface area contributed by atoms with E-state index in [2.05, 4.69) is 17.4 Å². The Morgan fingerprint density at radius 2 is 1.44 bits per heavy atom. The second-order valence-corrected chi connectivity index (χ2v) is 11.5. The molecule has 0 atom stereocenters. The summed E-state index contributed by atoms with van der Waals surface area (Å²) in [5.41, 5.74) is 2.61. The van der Waals surface area contributed by atoms with Crippen molar-refractivity contribution in [2.24, 2.45) is 0 Å². The molecule has 0 aliphatic heterocycles. The van der Waals surface area contributed by atoms with E-state index >= 15 is 0 Å². The number of hydrogen-bond donors (Lipinski definition) is 1. The number of nitrogens with zero attached hydrogens (tertiary/aromatic N) is 1. The van der Waals surface area contributed by atoms with Crippen LogP contribution in [-0.2, 0) is 11.2 Å². The quantitative estimate of drug-likeness (QED) is 0.105. The second kappa shape index (κ2) is 16.2. The molecule has 0 bridgehead atoms. The molecule has 45 heavy (non-hydrogen) atoms. The highest BCUT2D eigenvalue weighted by molar-refractivity contribution is 7.99. The Bertz CT molecular complexity index is 1680. The summed E-state index contributed by atoms with van der Waals surface area (Å²) in [5.74, 6) is 1.56. The molecule has 0 saturated carbocycles. The summed E-state index contributed by atoms with van der Waals surface area (Å²) < 4.78 is 11.5. The normalized spacial score (nSPS) is 10.6. The first-order chi connectivity index (χ1) is 22.1. The first-order valence-corrected chi connectivity index (χ1v) is 15.9. The minimum absolute atomic E-state index is 0.231. The monoisotopic (exact) mass is 616 g/mol. The van der Waals surface area contributed by atoms with Gasteiger partial charge in [-0.2, -0.15) is 0 Å². The van der Waals surface area contributed by atoms with Crippen LogP contribution in [0.4, 0.5) is 16.2 Å². The number of ether oxygens (including phenoxy) is 2. The third-order valence-corrected chi connectivity index (χ3v) is 7.91. The Balaban J connectivity index is 1.33. The van der Waals surface area contributed by atoms with Gasteiger partial charge in [0.05, 0.1) is 5.69 Å². The number of esters is 1. The van der Waals surface area contributed by atoms with E-state index in [1.165, 1.54) is 5.56 Å². The molecular weight excluding hydrogens is 580 g/mol. The predicted molar refractivity (Wildman–Crippen MR) is 182 cm³/mol. The van der Waals surface area contributed by atoms with Crippen LogP contribution in [-0.4, -0.2) is 18.5 Å². The Kier molecular flexibility index (Phi) is 11.3. The molecule has 0 aliphatic rings. The fourth-order valence-corrected chi connectivity index (χ4v) is 5.57. The molecule has 0 saturated heterocycles. The van der Waals surface area contributed by atoms with Crippen molar-refractivity contribution in [2.45, 2.75) is 42.4 Å². The fraction of sp³-hybridized carbons (Fsp3) is 0.158. The Morgan fingerprint density at radius 3 is 2.20 bits per heavy atom. The van der Waals surface area contributed by atoms with Crippen LogP contribution in [0.25, 0.3) is 0 Å². The number of para-hydroxylation sites is 3. The molecule has 2 amide bonds. The van der Waals surface area contributed by atoms with Crippen LogP contribution >= 0.6 is 11.8 Å². The molecule has 0 aromatic heterocycles. The molecule has 5 aromatic rings. The van der Waals surface area contributed by atoms with Crippen LogP contribution < -0.4 is 19.7 Å². The SMILES string of the molecule is CCCC(=O)Oc1ccc(Sc2cccc(N(CCCc3ccccc3)C(=O)Nc3ccccc3Oc3ccccc3)c2)cc1. The average molecular weight is 617 g/mol. The fourth-order valence-electron chi connectivity index (χ4n) is 4.70. The molecular formula is C38H36N2O4S. The molecule has 5 aromatic carbocycles. The predicted octanol–water partition coefficient (Wildman–Crippen LogP) is 10.0. The van der Waals surface area contributed by atoms with Crippen LogP contribution in [0.2, 0.25) is 0 Å². The summed E-state index contributed by atoms with van der Waals surface area (Å²) in [7, 11) is 0. The number of hydrogen-bond acceptors (Lipinski definition) is 5. The van der Waals surface area contributed by atoms with E-state index in [-0.39, 0.29) is 12.0 Å². The Morgan fingerprint density at radius 1 is 0.733 bits per heavy atom. The first-order valence-electron chi connectivity index (χ1n) is 15.1. The van der Waals surface area contributed by atoms with Crippen molar-refractivity contribution in [2.75, 3.05) is 16.8 Å².